The van der Waals surface area contributed by atoms with Gasteiger partial charge in [-0.3, -0.25) is 4.57 Å². The summed E-state index contributed by atoms with van der Waals surface area (Å²) >= 11 is 5.82. The van der Waals surface area contributed by atoms with E-state index in [-0.39, 0.29) is 28.2 Å². The minimum atomic E-state index is -0.767. The molecule has 106 valence electrons. The van der Waals surface area contributed by atoms with Gasteiger partial charge in [0, 0.05) is 12.4 Å². The Bertz CT molecular complexity index is 805. The van der Waals surface area contributed by atoms with Crippen molar-refractivity contribution in [3.05, 3.63) is 53.3 Å². The average molecular weight is 308 g/mol. The predicted octanol–water partition coefficient (Wildman–Crippen LogP) is 2.96. The largest absolute Gasteiger partial charge is 0.274 e. The summed E-state index contributed by atoms with van der Waals surface area (Å²) in [5, 5.41) is -0.163. The van der Waals surface area contributed by atoms with Gasteiger partial charge >= 0.3 is 0 Å². The van der Waals surface area contributed by atoms with E-state index in [0.717, 1.165) is 6.07 Å². The van der Waals surface area contributed by atoms with Crippen molar-refractivity contribution >= 4 is 11.6 Å². The molecule has 0 radical (unpaired) electrons. The molecule has 0 saturated carbocycles. The van der Waals surface area contributed by atoms with Crippen LogP contribution >= 0.6 is 11.6 Å². The summed E-state index contributed by atoms with van der Waals surface area (Å²) in [6, 6.07) is 2.50. The van der Waals surface area contributed by atoms with Crippen LogP contribution in [0.25, 0.3) is 17.3 Å². The number of hydrogen-bond donors (Lipinski definition) is 0. The Morgan fingerprint density at radius 1 is 1.14 bits per heavy atom. The minimum Gasteiger partial charge on any atom is -0.274 e. The molecule has 0 unspecified atom stereocenters. The van der Waals surface area contributed by atoms with Gasteiger partial charge in [0.1, 0.15) is 18.0 Å². The molecule has 0 amide bonds. The third kappa shape index (κ3) is 2.47. The summed E-state index contributed by atoms with van der Waals surface area (Å²) in [5.74, 6) is -1.54. The second-order valence-corrected chi connectivity index (χ2v) is 4.59. The number of imidazole rings is 1. The molecule has 0 N–H and O–H groups in total. The van der Waals surface area contributed by atoms with Crippen LogP contribution in [0.15, 0.2) is 30.9 Å². The molecule has 8 heteroatoms. The van der Waals surface area contributed by atoms with E-state index < -0.39 is 11.6 Å². The number of benzene rings is 1. The summed E-state index contributed by atoms with van der Waals surface area (Å²) < 4.78 is 29.5. The molecule has 1 aromatic carbocycles. The number of nitrogens with zero attached hydrogens (tertiary/aromatic N) is 5. The second kappa shape index (κ2) is 5.17. The molecular formula is C13H8ClF2N5. The average Bonchev–Trinajstić information content (AvgIpc) is 2.97. The molecule has 0 aliphatic carbocycles. The zero-order valence-electron chi connectivity index (χ0n) is 10.8. The lowest BCUT2D eigenvalue weighted by Crippen LogP contribution is -2.05. The van der Waals surface area contributed by atoms with E-state index in [1.54, 1.807) is 6.20 Å². The third-order valence-electron chi connectivity index (χ3n) is 2.84. The molecule has 3 aromatic rings. The molecule has 2 heterocycles. The summed E-state index contributed by atoms with van der Waals surface area (Å²) in [7, 11) is 0. The molecule has 0 aliphatic rings. The summed E-state index contributed by atoms with van der Waals surface area (Å²) in [4.78, 5) is 15.6. The molecule has 21 heavy (non-hydrogen) atoms. The molecule has 5 nitrogen and oxygen atoms in total. The van der Waals surface area contributed by atoms with Gasteiger partial charge in [-0.1, -0.05) is 6.07 Å². The molecule has 0 saturated heterocycles. The molecule has 0 atom stereocenters. The summed E-state index contributed by atoms with van der Waals surface area (Å²) in [5.41, 5.74) is -0.0484. The molecule has 0 spiro atoms. The molecular weight excluding hydrogens is 300 g/mol. The first kappa shape index (κ1) is 13.6. The van der Waals surface area contributed by atoms with Crippen LogP contribution < -0.4 is 0 Å². The van der Waals surface area contributed by atoms with E-state index in [0.29, 0.717) is 0 Å². The van der Waals surface area contributed by atoms with Crippen molar-refractivity contribution in [3.8, 4) is 17.3 Å². The van der Waals surface area contributed by atoms with E-state index in [9.17, 15) is 8.78 Å². The summed E-state index contributed by atoms with van der Waals surface area (Å²) in [6.45, 7) is 1.53. The Labute approximate surface area is 123 Å². The Balaban J connectivity index is 2.23. The molecule has 2 aromatic heterocycles. The Kier molecular flexibility index (Phi) is 3.34. The topological polar surface area (TPSA) is 56.5 Å². The van der Waals surface area contributed by atoms with Crippen molar-refractivity contribution in [2.75, 3.05) is 0 Å². The maximum Gasteiger partial charge on any atom is 0.239 e. The molecule has 0 fully saturated rings. The van der Waals surface area contributed by atoms with E-state index >= 15 is 0 Å². The van der Waals surface area contributed by atoms with Crippen LogP contribution in [0.2, 0.25) is 5.28 Å². The first-order chi connectivity index (χ1) is 10.1. The highest BCUT2D eigenvalue weighted by molar-refractivity contribution is 6.28. The fourth-order valence-electron chi connectivity index (χ4n) is 1.81. The predicted molar refractivity (Wildman–Crippen MR) is 72.0 cm³/mol. The van der Waals surface area contributed by atoms with Gasteiger partial charge in [-0.05, 0) is 30.2 Å². The lowest BCUT2D eigenvalue weighted by Gasteiger charge is -2.08. The number of hydrogen-bond acceptors (Lipinski definition) is 4. The summed E-state index contributed by atoms with van der Waals surface area (Å²) in [6.07, 6.45) is 4.54. The van der Waals surface area contributed by atoms with Crippen LogP contribution in [0, 0.1) is 18.6 Å². The minimum absolute atomic E-state index is 0.128. The van der Waals surface area contributed by atoms with Crippen LogP contribution in [-0.4, -0.2) is 24.5 Å². The fraction of sp³-hybridized carbons (Fsp3) is 0.0769. The zero-order chi connectivity index (χ0) is 15.0. The maximum absolute atomic E-state index is 14.2. The van der Waals surface area contributed by atoms with Crippen molar-refractivity contribution in [3.63, 3.8) is 0 Å². The van der Waals surface area contributed by atoms with Gasteiger partial charge in [-0.2, -0.15) is 15.0 Å². The van der Waals surface area contributed by atoms with Gasteiger partial charge in [0.15, 0.2) is 5.82 Å². The van der Waals surface area contributed by atoms with Crippen molar-refractivity contribution < 1.29 is 8.78 Å². The van der Waals surface area contributed by atoms with Crippen molar-refractivity contribution in [2.45, 2.75) is 6.92 Å². The van der Waals surface area contributed by atoms with Gasteiger partial charge in [0.25, 0.3) is 0 Å². The number of rotatable bonds is 2. The van der Waals surface area contributed by atoms with Crippen LogP contribution in [0.4, 0.5) is 8.78 Å². The number of halogens is 3. The monoisotopic (exact) mass is 307 g/mol. The Hall–Kier alpha value is -2.41. The van der Waals surface area contributed by atoms with E-state index in [4.69, 9.17) is 11.6 Å². The van der Waals surface area contributed by atoms with E-state index in [1.807, 2.05) is 0 Å². The number of aryl methyl sites for hydroxylation is 1. The van der Waals surface area contributed by atoms with Gasteiger partial charge in [-0.25, -0.2) is 13.8 Å². The van der Waals surface area contributed by atoms with Crippen LogP contribution in [0.3, 0.4) is 0 Å². The fourth-order valence-corrected chi connectivity index (χ4v) is 1.96. The van der Waals surface area contributed by atoms with Gasteiger partial charge in [0.05, 0.1) is 5.56 Å². The first-order valence-electron chi connectivity index (χ1n) is 5.91. The SMILES string of the molecule is Cc1ccc(F)c(-c2nc(Cl)nc(-n3ccnc3)n2)c1F. The Morgan fingerprint density at radius 3 is 2.67 bits per heavy atom. The third-order valence-corrected chi connectivity index (χ3v) is 3.01. The van der Waals surface area contributed by atoms with Gasteiger partial charge in [-0.15, -0.1) is 0 Å². The highest BCUT2D eigenvalue weighted by atomic mass is 35.5. The van der Waals surface area contributed by atoms with E-state index in [1.165, 1.54) is 30.1 Å². The number of aromatic nitrogens is 5. The van der Waals surface area contributed by atoms with Crippen molar-refractivity contribution in [1.82, 2.24) is 24.5 Å². The second-order valence-electron chi connectivity index (χ2n) is 4.25. The van der Waals surface area contributed by atoms with Crippen molar-refractivity contribution in [2.24, 2.45) is 0 Å². The lowest BCUT2D eigenvalue weighted by atomic mass is 10.1. The molecule has 0 aliphatic heterocycles. The van der Waals surface area contributed by atoms with Crippen LogP contribution in [0.5, 0.6) is 0 Å². The van der Waals surface area contributed by atoms with Crippen LogP contribution in [0.1, 0.15) is 5.56 Å². The molecule has 3 rings (SSSR count). The Morgan fingerprint density at radius 2 is 1.95 bits per heavy atom. The van der Waals surface area contributed by atoms with Gasteiger partial charge < -0.3 is 0 Å². The highest BCUT2D eigenvalue weighted by Gasteiger charge is 2.18. The van der Waals surface area contributed by atoms with Crippen LogP contribution in [-0.2, 0) is 0 Å². The molecule has 0 bridgehead atoms. The first-order valence-corrected chi connectivity index (χ1v) is 6.29. The normalized spacial score (nSPS) is 10.9. The standard InChI is InChI=1S/C13H8ClF2N5/c1-7-2-3-8(15)9(10(7)16)11-18-12(14)20-13(19-11)21-5-4-17-6-21/h2-6H,1H3. The van der Waals surface area contributed by atoms with Gasteiger partial charge in [0.2, 0.25) is 11.2 Å². The maximum atomic E-state index is 14.2. The van der Waals surface area contributed by atoms with Crippen molar-refractivity contribution in [1.29, 1.82) is 0 Å². The zero-order valence-corrected chi connectivity index (χ0v) is 11.5. The smallest absolute Gasteiger partial charge is 0.239 e. The quantitative estimate of drug-likeness (QED) is 0.730. The van der Waals surface area contributed by atoms with E-state index in [2.05, 4.69) is 19.9 Å². The highest BCUT2D eigenvalue weighted by Crippen LogP contribution is 2.26. The lowest BCUT2D eigenvalue weighted by molar-refractivity contribution is 0.581.